The first-order valence-corrected chi connectivity index (χ1v) is 7.11. The third-order valence-corrected chi connectivity index (χ3v) is 3.62. The molecule has 21 heavy (non-hydrogen) atoms. The molecule has 1 heterocycles. The molecule has 0 spiro atoms. The molecular weight excluding hydrogens is 281 g/mol. The van der Waals surface area contributed by atoms with Gasteiger partial charge in [0.2, 0.25) is 5.91 Å². The fourth-order valence-electron chi connectivity index (χ4n) is 2.45. The number of alkyl halides is 3. The molecule has 0 radical (unpaired) electrons. The highest BCUT2D eigenvalue weighted by Gasteiger charge is 2.29. The summed E-state index contributed by atoms with van der Waals surface area (Å²) < 4.78 is 37.2. The van der Waals surface area contributed by atoms with Crippen molar-refractivity contribution in [2.75, 3.05) is 13.1 Å². The Labute approximate surface area is 121 Å². The summed E-state index contributed by atoms with van der Waals surface area (Å²) >= 11 is 0. The van der Waals surface area contributed by atoms with Crippen LogP contribution in [0.1, 0.15) is 30.4 Å². The van der Waals surface area contributed by atoms with E-state index in [1.54, 1.807) is 0 Å². The molecule has 6 heteroatoms. The number of carbonyl (C=O) groups is 1. The maximum absolute atomic E-state index is 12.4. The van der Waals surface area contributed by atoms with Gasteiger partial charge in [-0.1, -0.05) is 12.1 Å². The van der Waals surface area contributed by atoms with Gasteiger partial charge in [0.05, 0.1) is 12.0 Å². The molecule has 0 aliphatic carbocycles. The van der Waals surface area contributed by atoms with Gasteiger partial charge >= 0.3 is 6.18 Å². The first kappa shape index (κ1) is 15.8. The lowest BCUT2D eigenvalue weighted by molar-refractivity contribution is -0.137. The molecule has 0 saturated carbocycles. The van der Waals surface area contributed by atoms with E-state index in [4.69, 9.17) is 0 Å². The van der Waals surface area contributed by atoms with Gasteiger partial charge < -0.3 is 10.6 Å². The van der Waals surface area contributed by atoms with Crippen molar-refractivity contribution in [2.45, 2.75) is 37.9 Å². The molecule has 2 N–H and O–H groups in total. The fourth-order valence-corrected chi connectivity index (χ4v) is 2.45. The molecule has 3 nitrogen and oxygen atoms in total. The largest absolute Gasteiger partial charge is 0.416 e. The van der Waals surface area contributed by atoms with Crippen molar-refractivity contribution in [1.29, 1.82) is 0 Å². The molecule has 1 aliphatic rings. The summed E-state index contributed by atoms with van der Waals surface area (Å²) in [5.74, 6) is -0.159. The summed E-state index contributed by atoms with van der Waals surface area (Å²) in [4.78, 5) is 11.7. The number of nitrogens with one attached hydrogen (secondary N) is 2. The molecule has 1 amide bonds. The Morgan fingerprint density at radius 1 is 1.29 bits per heavy atom. The average Bonchev–Trinajstić information content (AvgIpc) is 2.91. The van der Waals surface area contributed by atoms with Gasteiger partial charge in [-0.2, -0.15) is 13.2 Å². The van der Waals surface area contributed by atoms with Crippen LogP contribution in [0.5, 0.6) is 0 Å². The summed E-state index contributed by atoms with van der Waals surface area (Å²) in [5, 5.41) is 6.14. The third kappa shape index (κ3) is 5.04. The van der Waals surface area contributed by atoms with Crippen LogP contribution in [0.2, 0.25) is 0 Å². The highest BCUT2D eigenvalue weighted by atomic mass is 19.4. The van der Waals surface area contributed by atoms with E-state index in [1.807, 2.05) is 0 Å². The quantitative estimate of drug-likeness (QED) is 0.877. The highest BCUT2D eigenvalue weighted by Crippen LogP contribution is 2.29. The number of hydrogen-bond acceptors (Lipinski definition) is 2. The number of carbonyl (C=O) groups excluding carboxylic acids is 1. The van der Waals surface area contributed by atoms with Gasteiger partial charge in [-0.3, -0.25) is 4.79 Å². The fraction of sp³-hybridized carbons (Fsp3) is 0.533. The minimum atomic E-state index is -4.34. The molecule has 1 aromatic carbocycles. The van der Waals surface area contributed by atoms with E-state index in [0.717, 1.165) is 31.5 Å². The van der Waals surface area contributed by atoms with Gasteiger partial charge in [-0.25, -0.2) is 0 Å². The summed E-state index contributed by atoms with van der Waals surface area (Å²) in [6, 6.07) is 5.18. The van der Waals surface area contributed by atoms with Crippen LogP contribution in [-0.2, 0) is 17.4 Å². The van der Waals surface area contributed by atoms with E-state index < -0.39 is 11.7 Å². The van der Waals surface area contributed by atoms with Crippen LogP contribution >= 0.6 is 0 Å². The minimum absolute atomic E-state index is 0.107. The van der Waals surface area contributed by atoms with Crippen LogP contribution in [0.25, 0.3) is 0 Å². The summed E-state index contributed by atoms with van der Waals surface area (Å²) in [5.41, 5.74) is -0.113. The first-order chi connectivity index (χ1) is 9.95. The molecule has 1 aromatic rings. The topological polar surface area (TPSA) is 41.1 Å². The van der Waals surface area contributed by atoms with E-state index in [1.165, 1.54) is 18.6 Å². The summed E-state index contributed by atoms with van der Waals surface area (Å²) in [7, 11) is 0. The molecule has 1 aliphatic heterocycles. The molecule has 0 bridgehead atoms. The van der Waals surface area contributed by atoms with Gasteiger partial charge in [0.25, 0.3) is 0 Å². The highest BCUT2D eigenvalue weighted by molar-refractivity contribution is 5.78. The normalized spacial score (nSPS) is 18.7. The predicted octanol–water partition coefficient (Wildman–Crippen LogP) is 2.51. The first-order valence-electron chi connectivity index (χ1n) is 7.11. The second-order valence-electron chi connectivity index (χ2n) is 5.30. The van der Waals surface area contributed by atoms with Crippen molar-refractivity contribution in [2.24, 2.45) is 0 Å². The van der Waals surface area contributed by atoms with Crippen LogP contribution in [0.15, 0.2) is 24.3 Å². The van der Waals surface area contributed by atoms with E-state index in [-0.39, 0.29) is 12.3 Å². The number of halogens is 3. The zero-order valence-corrected chi connectivity index (χ0v) is 11.7. The number of hydrogen-bond donors (Lipinski definition) is 2. The van der Waals surface area contributed by atoms with Gasteiger partial charge in [0, 0.05) is 12.6 Å². The molecule has 0 aromatic heterocycles. The van der Waals surface area contributed by atoms with Gasteiger partial charge in [-0.05, 0) is 43.5 Å². The molecule has 2 rings (SSSR count). The maximum Gasteiger partial charge on any atom is 0.416 e. The third-order valence-electron chi connectivity index (χ3n) is 3.62. The van der Waals surface area contributed by atoms with Crippen molar-refractivity contribution >= 4 is 5.91 Å². The Balaban J connectivity index is 1.74. The SMILES string of the molecule is O=C(Cc1ccc(C(F)(F)F)cc1)NCC[C@@H]1CCCN1. The Kier molecular flexibility index (Phi) is 5.22. The van der Waals surface area contributed by atoms with Gasteiger partial charge in [-0.15, -0.1) is 0 Å². The smallest absolute Gasteiger partial charge is 0.356 e. The number of amides is 1. The van der Waals surface area contributed by atoms with Crippen LogP contribution in [0.4, 0.5) is 13.2 Å². The lowest BCUT2D eigenvalue weighted by Gasteiger charge is -2.11. The van der Waals surface area contributed by atoms with Crippen molar-refractivity contribution in [3.05, 3.63) is 35.4 Å². The number of benzene rings is 1. The molecule has 0 unspecified atom stereocenters. The zero-order chi connectivity index (χ0) is 15.3. The van der Waals surface area contributed by atoms with Crippen LogP contribution < -0.4 is 10.6 Å². The second-order valence-corrected chi connectivity index (χ2v) is 5.30. The van der Waals surface area contributed by atoms with E-state index >= 15 is 0 Å². The van der Waals surface area contributed by atoms with Crippen LogP contribution in [-0.4, -0.2) is 25.0 Å². The van der Waals surface area contributed by atoms with Gasteiger partial charge in [0.15, 0.2) is 0 Å². The summed E-state index contributed by atoms with van der Waals surface area (Å²) in [6.07, 6.45) is -1.04. The Morgan fingerprint density at radius 3 is 2.57 bits per heavy atom. The van der Waals surface area contributed by atoms with Crippen molar-refractivity contribution in [3.63, 3.8) is 0 Å². The van der Waals surface area contributed by atoms with E-state index in [2.05, 4.69) is 10.6 Å². The standard InChI is InChI=1S/C15H19F3N2O/c16-15(17,18)12-5-3-11(4-6-12)10-14(21)20-9-7-13-2-1-8-19-13/h3-6,13,19H,1-2,7-10H2,(H,20,21)/t13-/m0/s1. The zero-order valence-electron chi connectivity index (χ0n) is 11.7. The maximum atomic E-state index is 12.4. The minimum Gasteiger partial charge on any atom is -0.356 e. The van der Waals surface area contributed by atoms with Crippen LogP contribution in [0.3, 0.4) is 0 Å². The second kappa shape index (κ2) is 6.93. The molecule has 1 atom stereocenters. The van der Waals surface area contributed by atoms with Gasteiger partial charge in [0.1, 0.15) is 0 Å². The Morgan fingerprint density at radius 2 is 2.00 bits per heavy atom. The summed E-state index contributed by atoms with van der Waals surface area (Å²) in [6.45, 7) is 1.63. The predicted molar refractivity (Wildman–Crippen MR) is 73.8 cm³/mol. The average molecular weight is 300 g/mol. The van der Waals surface area contributed by atoms with Crippen molar-refractivity contribution in [1.82, 2.24) is 10.6 Å². The molecule has 116 valence electrons. The molecule has 1 saturated heterocycles. The molecule has 1 fully saturated rings. The molecular formula is C15H19F3N2O. The van der Waals surface area contributed by atoms with Crippen LogP contribution in [0, 0.1) is 0 Å². The van der Waals surface area contributed by atoms with E-state index in [0.29, 0.717) is 18.2 Å². The Hall–Kier alpha value is -1.56. The monoisotopic (exact) mass is 300 g/mol. The van der Waals surface area contributed by atoms with E-state index in [9.17, 15) is 18.0 Å². The Bertz CT molecular complexity index is 465. The lowest BCUT2D eigenvalue weighted by atomic mass is 10.1. The van der Waals surface area contributed by atoms with Crippen molar-refractivity contribution < 1.29 is 18.0 Å². The lowest BCUT2D eigenvalue weighted by Crippen LogP contribution is -2.31. The number of rotatable bonds is 5. The van der Waals surface area contributed by atoms with Crippen molar-refractivity contribution in [3.8, 4) is 0 Å².